The van der Waals surface area contributed by atoms with Crippen LogP contribution in [0.3, 0.4) is 0 Å². The van der Waals surface area contributed by atoms with Gasteiger partial charge in [-0.05, 0) is 96.9 Å². The molecule has 0 saturated heterocycles. The van der Waals surface area contributed by atoms with Gasteiger partial charge in [0.2, 0.25) is 0 Å². The van der Waals surface area contributed by atoms with Crippen molar-refractivity contribution in [2.24, 2.45) is 39.9 Å². The monoisotopic (exact) mass is 336 g/mol. The summed E-state index contributed by atoms with van der Waals surface area (Å²) < 4.78 is 0. The van der Waals surface area contributed by atoms with Crippen LogP contribution in [-0.2, 0) is 0 Å². The van der Waals surface area contributed by atoms with E-state index in [1.165, 1.54) is 57.1 Å². The highest BCUT2D eigenvalue weighted by atomic mass is 32.2. The van der Waals surface area contributed by atoms with E-state index in [0.29, 0.717) is 16.7 Å². The van der Waals surface area contributed by atoms with E-state index in [0.717, 1.165) is 17.8 Å². The Hall–Kier alpha value is 0.310. The van der Waals surface area contributed by atoms with Crippen LogP contribution in [0.5, 0.6) is 0 Å². The zero-order chi connectivity index (χ0) is 16.5. The van der Waals surface area contributed by atoms with Gasteiger partial charge in [-0.25, -0.2) is 0 Å². The minimum Gasteiger partial charge on any atom is -0.392 e. The van der Waals surface area contributed by atoms with Crippen molar-refractivity contribution in [2.75, 3.05) is 12.0 Å². The Bertz CT molecular complexity index is 474. The van der Waals surface area contributed by atoms with Gasteiger partial charge < -0.3 is 5.11 Å². The number of thioether (sulfide) groups is 1. The van der Waals surface area contributed by atoms with Gasteiger partial charge >= 0.3 is 0 Å². The van der Waals surface area contributed by atoms with Crippen molar-refractivity contribution in [3.05, 3.63) is 0 Å². The van der Waals surface area contributed by atoms with Crippen LogP contribution in [-0.4, -0.2) is 23.2 Å². The number of hydrogen-bond acceptors (Lipinski definition) is 2. The lowest BCUT2D eigenvalue weighted by Gasteiger charge is -2.70. The van der Waals surface area contributed by atoms with Gasteiger partial charge in [0.1, 0.15) is 0 Å². The molecule has 2 bridgehead atoms. The van der Waals surface area contributed by atoms with Crippen molar-refractivity contribution in [1.29, 1.82) is 0 Å². The van der Waals surface area contributed by atoms with Gasteiger partial charge in [0.15, 0.2) is 0 Å². The summed E-state index contributed by atoms with van der Waals surface area (Å²) in [5, 5.41) is 11.4. The van der Waals surface area contributed by atoms with Gasteiger partial charge in [0.05, 0.1) is 6.10 Å². The van der Waals surface area contributed by atoms with Crippen molar-refractivity contribution >= 4 is 11.8 Å². The lowest BCUT2D eigenvalue weighted by molar-refractivity contribution is -0.238. The van der Waals surface area contributed by atoms with Crippen LogP contribution in [0.15, 0.2) is 0 Å². The minimum atomic E-state index is -0.0183. The van der Waals surface area contributed by atoms with Crippen LogP contribution in [0.2, 0.25) is 0 Å². The molecule has 0 unspecified atom stereocenters. The molecule has 0 aromatic heterocycles. The number of aliphatic hydroxyl groups excluding tert-OH is 1. The normalized spacial score (nSPS) is 54.4. The number of hydrogen-bond donors (Lipinski definition) is 1. The fourth-order valence-electron chi connectivity index (χ4n) is 8.22. The SMILES string of the molecule is CSC[C@H]1[C@@H]2CC[C@@]3(CC[C@@H]4C(C)(C)CCC[C@@]4(C)[C@@H]3C2)[C@@H]1O. The Balaban J connectivity index is 1.71. The molecule has 0 aliphatic heterocycles. The van der Waals surface area contributed by atoms with E-state index in [9.17, 15) is 5.11 Å². The number of fused-ring (bicyclic) bond motifs is 3. The van der Waals surface area contributed by atoms with Gasteiger partial charge in [-0.15, -0.1) is 0 Å². The first-order chi connectivity index (χ1) is 10.8. The molecular formula is C21H36OS. The molecule has 5 fully saturated rings. The molecule has 1 spiro atoms. The summed E-state index contributed by atoms with van der Waals surface area (Å²) >= 11 is 1.95. The van der Waals surface area contributed by atoms with Gasteiger partial charge in [-0.2, -0.15) is 11.8 Å². The standard InChI is InChI=1S/C21H36OS/c1-19(2)8-5-9-20(3)16(19)7-11-21-10-6-14(12-17(20)21)15(13-23-4)18(21)22/h14-18,22H,5-13H2,1-4H3/t14-,15+,16-,17+,18-,20-,21+/m1/s1. The third-order valence-electron chi connectivity index (χ3n) is 9.14. The second kappa shape index (κ2) is 5.40. The first-order valence-electron chi connectivity index (χ1n) is 10.0. The Labute approximate surface area is 147 Å². The zero-order valence-corrected chi connectivity index (χ0v) is 16.4. The Kier molecular flexibility index (Phi) is 3.94. The molecule has 5 aliphatic carbocycles. The van der Waals surface area contributed by atoms with Crippen LogP contribution < -0.4 is 0 Å². The highest BCUT2D eigenvalue weighted by molar-refractivity contribution is 7.98. The third kappa shape index (κ3) is 2.16. The van der Waals surface area contributed by atoms with Crippen molar-refractivity contribution in [1.82, 2.24) is 0 Å². The third-order valence-corrected chi connectivity index (χ3v) is 9.86. The largest absolute Gasteiger partial charge is 0.392 e. The van der Waals surface area contributed by atoms with Crippen LogP contribution in [0, 0.1) is 39.9 Å². The summed E-state index contributed by atoms with van der Waals surface area (Å²) in [5.74, 6) is 4.22. The summed E-state index contributed by atoms with van der Waals surface area (Å²) in [7, 11) is 0. The van der Waals surface area contributed by atoms with Gasteiger partial charge in [0.25, 0.3) is 0 Å². The average molecular weight is 337 g/mol. The van der Waals surface area contributed by atoms with E-state index in [1.807, 2.05) is 11.8 Å². The Morgan fingerprint density at radius 2 is 1.74 bits per heavy atom. The van der Waals surface area contributed by atoms with Crippen molar-refractivity contribution in [3.8, 4) is 0 Å². The van der Waals surface area contributed by atoms with Gasteiger partial charge in [-0.1, -0.05) is 27.2 Å². The van der Waals surface area contributed by atoms with Gasteiger partial charge in [0, 0.05) is 0 Å². The fourth-order valence-corrected chi connectivity index (χ4v) is 9.06. The maximum Gasteiger partial charge on any atom is 0.0637 e. The van der Waals surface area contributed by atoms with E-state index >= 15 is 0 Å². The highest BCUT2D eigenvalue weighted by Gasteiger charge is 2.66. The Morgan fingerprint density at radius 1 is 1.00 bits per heavy atom. The van der Waals surface area contributed by atoms with E-state index in [1.54, 1.807) is 0 Å². The van der Waals surface area contributed by atoms with Crippen LogP contribution >= 0.6 is 11.8 Å². The first-order valence-corrected chi connectivity index (χ1v) is 11.4. The second-order valence-corrected chi connectivity index (χ2v) is 11.2. The molecule has 0 heterocycles. The topological polar surface area (TPSA) is 20.2 Å². The second-order valence-electron chi connectivity index (χ2n) is 10.3. The first kappa shape index (κ1) is 16.8. The molecule has 5 rings (SSSR count). The van der Waals surface area contributed by atoms with Crippen molar-refractivity contribution in [3.63, 3.8) is 0 Å². The molecule has 2 heteroatoms. The summed E-state index contributed by atoms with van der Waals surface area (Å²) in [6.45, 7) is 7.68. The van der Waals surface area contributed by atoms with E-state index < -0.39 is 0 Å². The Morgan fingerprint density at radius 3 is 2.48 bits per heavy atom. The lowest BCUT2D eigenvalue weighted by atomic mass is 9.36. The van der Waals surface area contributed by atoms with E-state index in [2.05, 4.69) is 27.0 Å². The maximum atomic E-state index is 11.4. The summed E-state index contributed by atoms with van der Waals surface area (Å²) in [4.78, 5) is 0. The molecule has 0 amide bonds. The molecule has 0 radical (unpaired) electrons. The van der Waals surface area contributed by atoms with E-state index in [4.69, 9.17) is 0 Å². The quantitative estimate of drug-likeness (QED) is 0.731. The van der Waals surface area contributed by atoms with Crippen molar-refractivity contribution in [2.45, 2.75) is 78.2 Å². The van der Waals surface area contributed by atoms with Crippen molar-refractivity contribution < 1.29 is 5.11 Å². The zero-order valence-electron chi connectivity index (χ0n) is 15.6. The smallest absolute Gasteiger partial charge is 0.0637 e. The van der Waals surface area contributed by atoms with Crippen LogP contribution in [0.1, 0.15) is 72.1 Å². The van der Waals surface area contributed by atoms with Crippen LogP contribution in [0.25, 0.3) is 0 Å². The molecule has 5 saturated carbocycles. The number of aliphatic hydroxyl groups is 1. The summed E-state index contributed by atoms with van der Waals surface area (Å²) in [6, 6.07) is 0. The molecular weight excluding hydrogens is 300 g/mol. The molecule has 5 aliphatic rings. The summed E-state index contributed by atoms with van der Waals surface area (Å²) in [5.41, 5.74) is 1.27. The molecule has 1 nitrogen and oxygen atoms in total. The number of rotatable bonds is 2. The lowest BCUT2D eigenvalue weighted by Crippen LogP contribution is -2.66. The maximum absolute atomic E-state index is 11.4. The minimum absolute atomic E-state index is 0.0183. The predicted octanol–water partition coefficient (Wildman–Crippen LogP) is 5.37. The molecule has 132 valence electrons. The van der Waals surface area contributed by atoms with Gasteiger partial charge in [-0.3, -0.25) is 0 Å². The summed E-state index contributed by atoms with van der Waals surface area (Å²) in [6.07, 6.45) is 13.2. The predicted molar refractivity (Wildman–Crippen MR) is 99.6 cm³/mol. The fraction of sp³-hybridized carbons (Fsp3) is 1.00. The molecule has 1 N–H and O–H groups in total. The van der Waals surface area contributed by atoms with Crippen LogP contribution in [0.4, 0.5) is 0 Å². The average Bonchev–Trinajstić information content (AvgIpc) is 2.50. The molecule has 7 atom stereocenters. The highest BCUT2D eigenvalue weighted by Crippen LogP contribution is 2.72. The molecule has 0 aromatic carbocycles. The molecule has 23 heavy (non-hydrogen) atoms. The molecule has 0 aromatic rings. The van der Waals surface area contributed by atoms with E-state index in [-0.39, 0.29) is 11.5 Å².